The number of carbonyl (C=O) groups excluding carboxylic acids is 1. The minimum absolute atomic E-state index is 0.0518. The molecule has 4 nitrogen and oxygen atoms in total. The molecule has 0 heterocycles. The van der Waals surface area contributed by atoms with Crippen LogP contribution in [0.25, 0.3) is 0 Å². The molecule has 2 aromatic carbocycles. The van der Waals surface area contributed by atoms with Crippen LogP contribution in [0.1, 0.15) is 27.0 Å². The van der Waals surface area contributed by atoms with Crippen LogP contribution in [0.5, 0.6) is 11.5 Å². The van der Waals surface area contributed by atoms with Crippen LogP contribution in [0.15, 0.2) is 34.8 Å². The van der Waals surface area contributed by atoms with E-state index in [1.165, 1.54) is 0 Å². The number of hydrogen-bond acceptors (Lipinski definition) is 3. The van der Waals surface area contributed by atoms with Gasteiger partial charge in [-0.25, -0.2) is 0 Å². The Bertz CT molecular complexity index is 744. The van der Waals surface area contributed by atoms with Crippen LogP contribution in [0, 0.1) is 13.8 Å². The van der Waals surface area contributed by atoms with E-state index in [4.69, 9.17) is 9.47 Å². The first-order valence-corrected chi connectivity index (χ1v) is 8.51. The molecule has 5 heteroatoms. The Morgan fingerprint density at radius 1 is 1.08 bits per heavy atom. The van der Waals surface area contributed by atoms with Crippen molar-refractivity contribution in [3.63, 3.8) is 0 Å². The molecule has 0 spiro atoms. The molecular formula is C19H22BrNO3. The zero-order chi connectivity index (χ0) is 17.7. The second-order valence-electron chi connectivity index (χ2n) is 5.62. The number of aryl methyl sites for hydroxylation is 2. The first kappa shape index (κ1) is 18.3. The second kappa shape index (κ2) is 8.20. The van der Waals surface area contributed by atoms with Crippen molar-refractivity contribution in [2.75, 3.05) is 20.8 Å². The van der Waals surface area contributed by atoms with E-state index in [-0.39, 0.29) is 5.91 Å². The van der Waals surface area contributed by atoms with Crippen molar-refractivity contribution < 1.29 is 14.3 Å². The third kappa shape index (κ3) is 4.29. The number of nitrogens with one attached hydrogen (secondary N) is 1. The van der Waals surface area contributed by atoms with Crippen LogP contribution in [-0.2, 0) is 6.42 Å². The molecule has 1 N–H and O–H groups in total. The summed E-state index contributed by atoms with van der Waals surface area (Å²) in [4.78, 5) is 12.3. The lowest BCUT2D eigenvalue weighted by Crippen LogP contribution is -2.26. The summed E-state index contributed by atoms with van der Waals surface area (Å²) in [5, 5.41) is 2.97. The number of amides is 1. The molecule has 0 fully saturated rings. The number of halogens is 1. The molecule has 0 bridgehead atoms. The lowest BCUT2D eigenvalue weighted by atomic mass is 10.1. The third-order valence-electron chi connectivity index (χ3n) is 3.86. The molecule has 0 aliphatic rings. The molecular weight excluding hydrogens is 370 g/mol. The fraction of sp³-hybridized carbons (Fsp3) is 0.316. The molecule has 128 valence electrons. The smallest absolute Gasteiger partial charge is 0.251 e. The van der Waals surface area contributed by atoms with Gasteiger partial charge in [-0.15, -0.1) is 0 Å². The molecule has 0 atom stereocenters. The lowest BCUT2D eigenvalue weighted by molar-refractivity contribution is 0.0953. The predicted molar refractivity (Wildman–Crippen MR) is 99.2 cm³/mol. The molecule has 1 amide bonds. The highest BCUT2D eigenvalue weighted by Crippen LogP contribution is 2.33. The van der Waals surface area contributed by atoms with Gasteiger partial charge in [0.1, 0.15) is 0 Å². The van der Waals surface area contributed by atoms with E-state index in [2.05, 4.69) is 21.2 Å². The summed E-state index contributed by atoms with van der Waals surface area (Å²) in [6, 6.07) is 9.63. The van der Waals surface area contributed by atoms with Gasteiger partial charge in [-0.3, -0.25) is 4.79 Å². The molecule has 0 saturated heterocycles. The van der Waals surface area contributed by atoms with Crippen molar-refractivity contribution in [3.8, 4) is 11.5 Å². The van der Waals surface area contributed by atoms with Gasteiger partial charge in [0.05, 0.1) is 14.2 Å². The Morgan fingerprint density at radius 3 is 2.38 bits per heavy atom. The van der Waals surface area contributed by atoms with E-state index in [1.807, 2.05) is 44.2 Å². The van der Waals surface area contributed by atoms with E-state index in [1.54, 1.807) is 14.2 Å². The summed E-state index contributed by atoms with van der Waals surface area (Å²) in [6.07, 6.45) is 0.692. The number of benzene rings is 2. The van der Waals surface area contributed by atoms with Gasteiger partial charge >= 0.3 is 0 Å². The SMILES string of the molecule is COc1cc(Br)c(CCNC(=O)c2ccc(C)cc2C)cc1OC. The summed E-state index contributed by atoms with van der Waals surface area (Å²) in [7, 11) is 3.21. The van der Waals surface area contributed by atoms with Gasteiger partial charge in [-0.2, -0.15) is 0 Å². The van der Waals surface area contributed by atoms with Crippen LogP contribution in [0.4, 0.5) is 0 Å². The monoisotopic (exact) mass is 391 g/mol. The first-order valence-electron chi connectivity index (χ1n) is 7.72. The number of ether oxygens (including phenoxy) is 2. The zero-order valence-corrected chi connectivity index (χ0v) is 16.0. The Kier molecular flexibility index (Phi) is 6.26. The highest BCUT2D eigenvalue weighted by Gasteiger charge is 2.11. The number of rotatable bonds is 6. The van der Waals surface area contributed by atoms with E-state index < -0.39 is 0 Å². The molecule has 0 aliphatic heterocycles. The summed E-state index contributed by atoms with van der Waals surface area (Å²) in [5.74, 6) is 1.30. The number of hydrogen-bond donors (Lipinski definition) is 1. The average Bonchev–Trinajstić information content (AvgIpc) is 2.55. The van der Waals surface area contributed by atoms with Gasteiger partial charge in [0.15, 0.2) is 11.5 Å². The zero-order valence-electron chi connectivity index (χ0n) is 14.4. The van der Waals surface area contributed by atoms with Gasteiger partial charge in [-0.1, -0.05) is 33.6 Å². The van der Waals surface area contributed by atoms with Crippen molar-refractivity contribution in [1.29, 1.82) is 0 Å². The highest BCUT2D eigenvalue weighted by atomic mass is 79.9. The molecule has 2 rings (SSSR count). The predicted octanol–water partition coefficient (Wildman–Crippen LogP) is 4.06. The molecule has 0 aromatic heterocycles. The fourth-order valence-electron chi connectivity index (χ4n) is 2.56. The summed E-state index contributed by atoms with van der Waals surface area (Å²) < 4.78 is 11.5. The van der Waals surface area contributed by atoms with Gasteiger partial charge in [0.25, 0.3) is 5.91 Å². The highest BCUT2D eigenvalue weighted by molar-refractivity contribution is 9.10. The minimum Gasteiger partial charge on any atom is -0.493 e. The summed E-state index contributed by atoms with van der Waals surface area (Å²) >= 11 is 3.53. The summed E-state index contributed by atoms with van der Waals surface area (Å²) in [6.45, 7) is 4.51. The Morgan fingerprint density at radius 2 is 1.75 bits per heavy atom. The third-order valence-corrected chi connectivity index (χ3v) is 4.60. The number of methoxy groups -OCH3 is 2. The molecule has 2 aromatic rings. The second-order valence-corrected chi connectivity index (χ2v) is 6.48. The van der Waals surface area contributed by atoms with Crippen LogP contribution in [0.3, 0.4) is 0 Å². The quantitative estimate of drug-likeness (QED) is 0.807. The summed E-state index contributed by atoms with van der Waals surface area (Å²) in [5.41, 5.74) is 3.90. The van der Waals surface area contributed by atoms with Gasteiger partial charge in [0, 0.05) is 16.6 Å². The van der Waals surface area contributed by atoms with E-state index in [9.17, 15) is 4.79 Å². The maximum atomic E-state index is 12.3. The van der Waals surface area contributed by atoms with Gasteiger partial charge in [-0.05, 0) is 49.6 Å². The Labute approximate surface area is 151 Å². The van der Waals surface area contributed by atoms with Gasteiger partial charge in [0.2, 0.25) is 0 Å². The standard InChI is InChI=1S/C19H22BrNO3/c1-12-5-6-15(13(2)9-12)19(22)21-8-7-14-10-17(23-3)18(24-4)11-16(14)20/h5-6,9-11H,7-8H2,1-4H3,(H,21,22). The van der Waals surface area contributed by atoms with Crippen LogP contribution >= 0.6 is 15.9 Å². The average molecular weight is 392 g/mol. The van der Waals surface area contributed by atoms with Crippen molar-refractivity contribution in [1.82, 2.24) is 5.32 Å². The van der Waals surface area contributed by atoms with Gasteiger partial charge < -0.3 is 14.8 Å². The van der Waals surface area contributed by atoms with E-state index >= 15 is 0 Å². The number of carbonyl (C=O) groups is 1. The van der Waals surface area contributed by atoms with Crippen LogP contribution in [-0.4, -0.2) is 26.7 Å². The Hall–Kier alpha value is -2.01. The molecule has 24 heavy (non-hydrogen) atoms. The van der Waals surface area contributed by atoms with Crippen molar-refractivity contribution >= 4 is 21.8 Å². The maximum absolute atomic E-state index is 12.3. The maximum Gasteiger partial charge on any atom is 0.251 e. The molecule has 0 radical (unpaired) electrons. The fourth-order valence-corrected chi connectivity index (χ4v) is 3.08. The molecule has 0 aliphatic carbocycles. The van der Waals surface area contributed by atoms with E-state index in [0.29, 0.717) is 30.0 Å². The topological polar surface area (TPSA) is 47.6 Å². The molecule has 0 unspecified atom stereocenters. The van der Waals surface area contributed by atoms with Crippen molar-refractivity contribution in [2.45, 2.75) is 20.3 Å². The van der Waals surface area contributed by atoms with Crippen molar-refractivity contribution in [2.24, 2.45) is 0 Å². The van der Waals surface area contributed by atoms with Crippen LogP contribution in [0.2, 0.25) is 0 Å². The van der Waals surface area contributed by atoms with E-state index in [0.717, 1.165) is 21.2 Å². The first-order chi connectivity index (χ1) is 11.5. The minimum atomic E-state index is -0.0518. The Balaban J connectivity index is 2.02. The largest absolute Gasteiger partial charge is 0.493 e. The lowest BCUT2D eigenvalue weighted by Gasteiger charge is -2.13. The van der Waals surface area contributed by atoms with Crippen LogP contribution < -0.4 is 14.8 Å². The molecule has 0 saturated carbocycles. The normalized spacial score (nSPS) is 10.4. The van der Waals surface area contributed by atoms with Crippen molar-refractivity contribution in [3.05, 3.63) is 57.1 Å².